The van der Waals surface area contributed by atoms with E-state index in [1.54, 1.807) is 0 Å². The summed E-state index contributed by atoms with van der Waals surface area (Å²) >= 11 is 1.92. The molecule has 1 aromatic heterocycles. The fourth-order valence-corrected chi connectivity index (χ4v) is 4.64. The molecule has 0 saturated heterocycles. The number of nitrogens with zero attached hydrogens (tertiary/aromatic N) is 1. The van der Waals surface area contributed by atoms with Gasteiger partial charge in [-0.1, -0.05) is 43.2 Å². The second-order valence-electron chi connectivity index (χ2n) is 6.44. The molecule has 0 bridgehead atoms. The van der Waals surface area contributed by atoms with Crippen molar-refractivity contribution in [3.8, 4) is 0 Å². The summed E-state index contributed by atoms with van der Waals surface area (Å²) in [6, 6.07) is 11.8. The molecule has 0 spiro atoms. The summed E-state index contributed by atoms with van der Waals surface area (Å²) in [5.74, 6) is 0. The second-order valence-corrected chi connectivity index (χ2v) is 7.56. The molecule has 0 unspecified atom stereocenters. The minimum Gasteiger partial charge on any atom is -0.309 e. The van der Waals surface area contributed by atoms with Gasteiger partial charge in [-0.3, -0.25) is 0 Å². The molecule has 110 valence electrons. The molecule has 2 aliphatic carbocycles. The van der Waals surface area contributed by atoms with Gasteiger partial charge in [0.1, 0.15) is 5.01 Å². The molecule has 2 fully saturated rings. The summed E-state index contributed by atoms with van der Waals surface area (Å²) in [7, 11) is 0. The molecule has 2 nitrogen and oxygen atoms in total. The Balaban J connectivity index is 1.61. The first kappa shape index (κ1) is 13.5. The molecule has 4 rings (SSSR count). The number of nitrogens with one attached hydrogen (secondary N) is 1. The predicted octanol–water partition coefficient (Wildman–Crippen LogP) is 4.26. The molecular weight excluding hydrogens is 276 g/mol. The molecule has 3 heteroatoms. The third-order valence-corrected chi connectivity index (χ3v) is 6.09. The van der Waals surface area contributed by atoms with Crippen LogP contribution in [0.2, 0.25) is 0 Å². The van der Waals surface area contributed by atoms with Gasteiger partial charge < -0.3 is 5.32 Å². The maximum Gasteiger partial charge on any atom is 0.103 e. The summed E-state index contributed by atoms with van der Waals surface area (Å²) in [6.45, 7) is 0.993. The van der Waals surface area contributed by atoms with Crippen LogP contribution in [0.25, 0.3) is 0 Å². The number of hydrogen-bond acceptors (Lipinski definition) is 3. The van der Waals surface area contributed by atoms with Gasteiger partial charge in [-0.15, -0.1) is 11.3 Å². The Bertz CT molecular complexity index is 595. The van der Waals surface area contributed by atoms with Gasteiger partial charge in [-0.2, -0.15) is 0 Å². The van der Waals surface area contributed by atoms with Gasteiger partial charge in [-0.05, 0) is 31.2 Å². The number of thiazole rings is 1. The highest BCUT2D eigenvalue weighted by molar-refractivity contribution is 7.11. The fraction of sp³-hybridized carbons (Fsp3) is 0.500. The van der Waals surface area contributed by atoms with Crippen molar-refractivity contribution in [2.75, 3.05) is 0 Å². The molecule has 1 heterocycles. The van der Waals surface area contributed by atoms with Crippen molar-refractivity contribution < 1.29 is 0 Å². The van der Waals surface area contributed by atoms with E-state index in [0.717, 1.165) is 12.6 Å². The lowest BCUT2D eigenvalue weighted by Crippen LogP contribution is -2.23. The zero-order valence-electron chi connectivity index (χ0n) is 12.3. The highest BCUT2D eigenvalue weighted by atomic mass is 32.1. The van der Waals surface area contributed by atoms with Crippen LogP contribution in [-0.2, 0) is 12.0 Å². The molecule has 2 saturated carbocycles. The van der Waals surface area contributed by atoms with Crippen molar-refractivity contribution in [3.05, 3.63) is 52.0 Å². The minimum atomic E-state index is 0.184. The van der Waals surface area contributed by atoms with Crippen molar-refractivity contribution in [1.29, 1.82) is 0 Å². The van der Waals surface area contributed by atoms with Gasteiger partial charge in [0.15, 0.2) is 0 Å². The fourth-order valence-electron chi connectivity index (χ4n) is 3.50. The molecular formula is C18H22N2S. The zero-order valence-corrected chi connectivity index (χ0v) is 13.2. The highest BCUT2D eigenvalue weighted by Gasteiger charge is 2.39. The van der Waals surface area contributed by atoms with Crippen LogP contribution in [0.5, 0.6) is 0 Å². The van der Waals surface area contributed by atoms with Crippen LogP contribution in [0.4, 0.5) is 0 Å². The van der Waals surface area contributed by atoms with Crippen LogP contribution < -0.4 is 5.32 Å². The van der Waals surface area contributed by atoms with E-state index in [1.165, 1.54) is 54.0 Å². The Morgan fingerprint density at radius 3 is 2.62 bits per heavy atom. The Morgan fingerprint density at radius 2 is 1.90 bits per heavy atom. The lowest BCUT2D eigenvalue weighted by atomic mass is 9.79. The third kappa shape index (κ3) is 2.65. The summed E-state index contributed by atoms with van der Waals surface area (Å²) < 4.78 is 0. The molecule has 21 heavy (non-hydrogen) atoms. The standard InChI is InChI=1S/C18H22N2S/c1-2-6-14(7-3-1)18(10-4-5-11-18)17-20-13-16(21-17)12-19-15-8-9-15/h1-3,6-7,13,15,19H,4-5,8-12H2. The van der Waals surface area contributed by atoms with Crippen LogP contribution in [0.3, 0.4) is 0 Å². The maximum atomic E-state index is 4.82. The monoisotopic (exact) mass is 298 g/mol. The van der Waals surface area contributed by atoms with Crippen molar-refractivity contribution in [2.45, 2.75) is 56.5 Å². The van der Waals surface area contributed by atoms with Gasteiger partial charge in [0.05, 0.1) is 0 Å². The average molecular weight is 298 g/mol. The summed E-state index contributed by atoms with van der Waals surface area (Å²) in [4.78, 5) is 6.21. The summed E-state index contributed by atoms with van der Waals surface area (Å²) in [6.07, 6.45) is 9.94. The molecule has 2 aliphatic rings. The molecule has 0 amide bonds. The molecule has 0 atom stereocenters. The Labute approximate surface area is 130 Å². The maximum absolute atomic E-state index is 4.82. The van der Waals surface area contributed by atoms with E-state index >= 15 is 0 Å². The van der Waals surface area contributed by atoms with Crippen LogP contribution >= 0.6 is 11.3 Å². The Morgan fingerprint density at radius 1 is 1.14 bits per heavy atom. The molecule has 1 N–H and O–H groups in total. The number of hydrogen-bond donors (Lipinski definition) is 1. The summed E-state index contributed by atoms with van der Waals surface area (Å²) in [5, 5.41) is 4.93. The predicted molar refractivity (Wildman–Crippen MR) is 87.7 cm³/mol. The highest BCUT2D eigenvalue weighted by Crippen LogP contribution is 2.47. The van der Waals surface area contributed by atoms with Gasteiger partial charge in [-0.25, -0.2) is 4.98 Å². The second kappa shape index (κ2) is 5.54. The molecule has 1 aromatic carbocycles. The van der Waals surface area contributed by atoms with Crippen molar-refractivity contribution in [3.63, 3.8) is 0 Å². The normalized spacial score (nSPS) is 20.8. The number of rotatable bonds is 5. The smallest absolute Gasteiger partial charge is 0.103 e. The first-order valence-corrected chi connectivity index (χ1v) is 8.93. The zero-order chi connectivity index (χ0) is 14.1. The van der Waals surface area contributed by atoms with Crippen LogP contribution in [-0.4, -0.2) is 11.0 Å². The van der Waals surface area contributed by atoms with Crippen molar-refractivity contribution >= 4 is 11.3 Å². The molecule has 0 aliphatic heterocycles. The van der Waals surface area contributed by atoms with Crippen LogP contribution in [0, 0.1) is 0 Å². The van der Waals surface area contributed by atoms with Crippen molar-refractivity contribution in [1.82, 2.24) is 10.3 Å². The van der Waals surface area contributed by atoms with Crippen molar-refractivity contribution in [2.24, 2.45) is 0 Å². The van der Waals surface area contributed by atoms with E-state index in [0.29, 0.717) is 0 Å². The Kier molecular flexibility index (Phi) is 3.56. The van der Waals surface area contributed by atoms with Gasteiger partial charge in [0, 0.05) is 29.1 Å². The lowest BCUT2D eigenvalue weighted by Gasteiger charge is -2.27. The number of aromatic nitrogens is 1. The van der Waals surface area contributed by atoms with E-state index < -0.39 is 0 Å². The minimum absolute atomic E-state index is 0.184. The topological polar surface area (TPSA) is 24.9 Å². The quantitative estimate of drug-likeness (QED) is 0.892. The van der Waals surface area contributed by atoms with Gasteiger partial charge >= 0.3 is 0 Å². The first-order valence-electron chi connectivity index (χ1n) is 8.11. The summed E-state index contributed by atoms with van der Waals surface area (Å²) in [5.41, 5.74) is 1.64. The SMILES string of the molecule is c1ccc(C2(c3ncc(CNC4CC4)s3)CCCC2)cc1. The Hall–Kier alpha value is -1.19. The lowest BCUT2D eigenvalue weighted by molar-refractivity contribution is 0.532. The first-order chi connectivity index (χ1) is 10.4. The van der Waals surface area contributed by atoms with E-state index in [1.807, 2.05) is 11.3 Å². The molecule has 0 radical (unpaired) electrons. The van der Waals surface area contributed by atoms with E-state index in [4.69, 9.17) is 4.98 Å². The average Bonchev–Trinajstić information content (AvgIpc) is 3.04. The van der Waals surface area contributed by atoms with Gasteiger partial charge in [0.25, 0.3) is 0 Å². The van der Waals surface area contributed by atoms with E-state index in [9.17, 15) is 0 Å². The largest absolute Gasteiger partial charge is 0.309 e. The van der Waals surface area contributed by atoms with Crippen LogP contribution in [0.15, 0.2) is 36.5 Å². The molecule has 2 aromatic rings. The number of benzene rings is 1. The third-order valence-electron chi connectivity index (χ3n) is 4.89. The van der Waals surface area contributed by atoms with E-state index in [2.05, 4.69) is 41.8 Å². The van der Waals surface area contributed by atoms with Crippen LogP contribution in [0.1, 0.15) is 54.0 Å². The van der Waals surface area contributed by atoms with Gasteiger partial charge in [0.2, 0.25) is 0 Å². The van der Waals surface area contributed by atoms with E-state index in [-0.39, 0.29) is 5.41 Å².